The zero-order chi connectivity index (χ0) is 22.7. The monoisotopic (exact) mass is 455 g/mol. The van der Waals surface area contributed by atoms with Gasteiger partial charge in [-0.15, -0.1) is 0 Å². The maximum absolute atomic E-state index is 12.5. The lowest BCUT2D eigenvalue weighted by Crippen LogP contribution is -2.18. The average molecular weight is 455 g/mol. The summed E-state index contributed by atoms with van der Waals surface area (Å²) in [5, 5.41) is 10.9. The van der Waals surface area contributed by atoms with Gasteiger partial charge in [-0.2, -0.15) is 4.99 Å². The summed E-state index contributed by atoms with van der Waals surface area (Å²) in [5.41, 5.74) is 1.18. The first-order valence-electron chi connectivity index (χ1n) is 9.45. The van der Waals surface area contributed by atoms with Crippen molar-refractivity contribution in [2.75, 3.05) is 13.9 Å². The van der Waals surface area contributed by atoms with Gasteiger partial charge in [-0.05, 0) is 11.6 Å². The second-order valence-corrected chi connectivity index (χ2v) is 7.68. The summed E-state index contributed by atoms with van der Waals surface area (Å²) < 4.78 is 18.1. The van der Waals surface area contributed by atoms with Crippen LogP contribution in [0.25, 0.3) is 16.3 Å². The molecule has 0 aliphatic carbocycles. The van der Waals surface area contributed by atoms with E-state index in [2.05, 4.69) is 4.99 Å². The minimum Gasteiger partial charge on any atom is -0.469 e. The highest BCUT2D eigenvalue weighted by atomic mass is 32.1. The number of thiazole rings is 1. The number of benzene rings is 2. The fourth-order valence-electron chi connectivity index (χ4n) is 3.11. The molecule has 4 rings (SSSR count). The number of non-ortho nitro benzene ring substituents is 1. The van der Waals surface area contributed by atoms with E-state index in [-0.39, 0.29) is 31.4 Å². The normalized spacial score (nSPS) is 13.1. The van der Waals surface area contributed by atoms with Crippen LogP contribution in [0.3, 0.4) is 0 Å². The molecule has 1 aromatic heterocycles. The van der Waals surface area contributed by atoms with Gasteiger partial charge in [0.25, 0.3) is 11.6 Å². The highest BCUT2D eigenvalue weighted by molar-refractivity contribution is 7.16. The van der Waals surface area contributed by atoms with Crippen LogP contribution in [-0.4, -0.2) is 35.3 Å². The lowest BCUT2D eigenvalue weighted by atomic mass is 10.2. The third kappa shape index (κ3) is 4.52. The number of carbonyl (C=O) groups is 2. The fraction of sp³-hybridized carbons (Fsp3) is 0.190. The topological polar surface area (TPSA) is 122 Å². The van der Waals surface area contributed by atoms with Crippen molar-refractivity contribution in [2.45, 2.75) is 13.0 Å². The van der Waals surface area contributed by atoms with E-state index in [4.69, 9.17) is 14.2 Å². The Balaban J connectivity index is 1.68. The van der Waals surface area contributed by atoms with E-state index in [1.807, 2.05) is 0 Å². The highest BCUT2D eigenvalue weighted by Gasteiger charge is 2.18. The number of hydrogen-bond donors (Lipinski definition) is 0. The Kier molecular flexibility index (Phi) is 5.99. The number of fused-ring (bicyclic) bond motifs is 2. The number of carbonyl (C=O) groups excluding carboxylic acids is 2. The van der Waals surface area contributed by atoms with Crippen LogP contribution < -0.4 is 14.3 Å². The maximum atomic E-state index is 12.5. The van der Waals surface area contributed by atoms with Gasteiger partial charge in [0.1, 0.15) is 0 Å². The number of methoxy groups -OCH3 is 1. The molecular weight excluding hydrogens is 438 g/mol. The zero-order valence-corrected chi connectivity index (χ0v) is 17.7. The van der Waals surface area contributed by atoms with Gasteiger partial charge in [0.05, 0.1) is 28.7 Å². The van der Waals surface area contributed by atoms with Crippen molar-refractivity contribution in [3.8, 4) is 11.5 Å². The molecule has 10 nitrogen and oxygen atoms in total. The van der Waals surface area contributed by atoms with Gasteiger partial charge >= 0.3 is 5.97 Å². The Labute approximate surface area is 185 Å². The number of nitro groups is 1. The molecule has 0 radical (unpaired) electrons. The standard InChI is InChI=1S/C21H17N3O7S/c1-29-20(26)7-8-23-15-10-16-17(31-12-30-16)11-18(15)32-21(23)22-19(25)6-5-13-3-2-4-14(9-13)24(27)28/h2-6,9-11H,7-8,12H2,1H3/b6-5+,22-21?. The molecule has 0 spiro atoms. The van der Waals surface area contributed by atoms with Crippen molar-refractivity contribution >= 4 is 45.2 Å². The van der Waals surface area contributed by atoms with Crippen LogP contribution in [0.4, 0.5) is 5.69 Å². The average Bonchev–Trinajstić information content (AvgIpc) is 3.37. The fourth-order valence-corrected chi connectivity index (χ4v) is 4.18. The van der Waals surface area contributed by atoms with Gasteiger partial charge in [-0.3, -0.25) is 19.7 Å². The van der Waals surface area contributed by atoms with Crippen molar-refractivity contribution in [3.63, 3.8) is 0 Å². The maximum Gasteiger partial charge on any atom is 0.307 e. The Bertz CT molecular complexity index is 1320. The van der Waals surface area contributed by atoms with Crippen molar-refractivity contribution in [1.82, 2.24) is 4.57 Å². The Morgan fingerprint density at radius 3 is 2.81 bits per heavy atom. The predicted octanol–water partition coefficient (Wildman–Crippen LogP) is 3.04. The second kappa shape index (κ2) is 9.02. The van der Waals surface area contributed by atoms with Crippen LogP contribution in [0.1, 0.15) is 12.0 Å². The summed E-state index contributed by atoms with van der Waals surface area (Å²) in [5.74, 6) is 0.239. The van der Waals surface area contributed by atoms with E-state index in [9.17, 15) is 19.7 Å². The molecule has 0 saturated heterocycles. The minimum absolute atomic E-state index is 0.0702. The molecule has 1 aliphatic rings. The van der Waals surface area contributed by atoms with Gasteiger partial charge < -0.3 is 18.8 Å². The lowest BCUT2D eigenvalue weighted by molar-refractivity contribution is -0.384. The van der Waals surface area contributed by atoms with Crippen LogP contribution in [0.5, 0.6) is 11.5 Å². The van der Waals surface area contributed by atoms with Gasteiger partial charge in [0, 0.05) is 36.9 Å². The molecule has 2 heterocycles. The number of rotatable bonds is 6. The molecule has 1 amide bonds. The van der Waals surface area contributed by atoms with Gasteiger partial charge in [0.2, 0.25) is 6.79 Å². The third-order valence-corrected chi connectivity index (χ3v) is 5.69. The number of amides is 1. The molecule has 0 bridgehead atoms. The van der Waals surface area contributed by atoms with E-state index in [0.29, 0.717) is 21.9 Å². The van der Waals surface area contributed by atoms with Crippen LogP contribution in [0.2, 0.25) is 0 Å². The number of nitro benzene ring substituents is 1. The van der Waals surface area contributed by atoms with E-state index in [0.717, 1.165) is 10.2 Å². The number of aromatic nitrogens is 1. The van der Waals surface area contributed by atoms with Gasteiger partial charge in [-0.25, -0.2) is 0 Å². The first-order chi connectivity index (χ1) is 15.4. The summed E-state index contributed by atoms with van der Waals surface area (Å²) in [6, 6.07) is 9.51. The van der Waals surface area contributed by atoms with E-state index in [1.165, 1.54) is 48.8 Å². The largest absolute Gasteiger partial charge is 0.469 e. The number of hydrogen-bond acceptors (Lipinski definition) is 8. The van der Waals surface area contributed by atoms with Crippen LogP contribution in [0, 0.1) is 10.1 Å². The molecule has 1 aliphatic heterocycles. The molecule has 3 aromatic rings. The summed E-state index contributed by atoms with van der Waals surface area (Å²) in [7, 11) is 1.31. The smallest absolute Gasteiger partial charge is 0.307 e. The molecule has 2 aromatic carbocycles. The third-order valence-electron chi connectivity index (χ3n) is 4.65. The quantitative estimate of drug-likeness (QED) is 0.242. The number of esters is 1. The summed E-state index contributed by atoms with van der Waals surface area (Å²) in [4.78, 5) is 39.1. The summed E-state index contributed by atoms with van der Waals surface area (Å²) in [6.07, 6.45) is 2.79. The van der Waals surface area contributed by atoms with Crippen LogP contribution in [0.15, 0.2) is 47.5 Å². The molecule has 0 unspecified atom stereocenters. The molecule has 32 heavy (non-hydrogen) atoms. The van der Waals surface area contributed by atoms with Gasteiger partial charge in [0.15, 0.2) is 16.3 Å². The van der Waals surface area contributed by atoms with E-state index >= 15 is 0 Å². The predicted molar refractivity (Wildman–Crippen MR) is 115 cm³/mol. The molecule has 164 valence electrons. The first-order valence-corrected chi connectivity index (χ1v) is 10.3. The molecule has 0 fully saturated rings. The van der Waals surface area contributed by atoms with Crippen molar-refractivity contribution in [1.29, 1.82) is 0 Å². The molecule has 11 heteroatoms. The Hall–Kier alpha value is -3.99. The van der Waals surface area contributed by atoms with Crippen LogP contribution >= 0.6 is 11.3 Å². The molecule has 0 saturated carbocycles. The Morgan fingerprint density at radius 1 is 1.28 bits per heavy atom. The summed E-state index contributed by atoms with van der Waals surface area (Å²) in [6.45, 7) is 0.389. The number of nitrogens with zero attached hydrogens (tertiary/aromatic N) is 3. The Morgan fingerprint density at radius 2 is 2.06 bits per heavy atom. The number of ether oxygens (including phenoxy) is 3. The highest BCUT2D eigenvalue weighted by Crippen LogP contribution is 2.37. The summed E-state index contributed by atoms with van der Waals surface area (Å²) >= 11 is 1.27. The SMILES string of the molecule is COC(=O)CCn1c(=NC(=O)/C=C/c2cccc([N+](=O)[O-])c2)sc2cc3c(cc21)OCO3. The zero-order valence-electron chi connectivity index (χ0n) is 16.8. The second-order valence-electron chi connectivity index (χ2n) is 6.67. The molecule has 0 atom stereocenters. The first kappa shape index (κ1) is 21.2. The van der Waals surface area contributed by atoms with Crippen LogP contribution in [-0.2, 0) is 20.9 Å². The van der Waals surface area contributed by atoms with Crippen molar-refractivity contribution < 1.29 is 28.7 Å². The van der Waals surface area contributed by atoms with Crippen molar-refractivity contribution in [2.24, 2.45) is 4.99 Å². The van der Waals surface area contributed by atoms with Gasteiger partial charge in [-0.1, -0.05) is 23.5 Å². The lowest BCUT2D eigenvalue weighted by Gasteiger charge is -2.05. The van der Waals surface area contributed by atoms with Crippen molar-refractivity contribution in [3.05, 3.63) is 63.0 Å². The molecule has 0 N–H and O–H groups in total. The van der Waals surface area contributed by atoms with E-state index < -0.39 is 10.8 Å². The van der Waals surface area contributed by atoms with E-state index in [1.54, 1.807) is 22.8 Å². The molecular formula is C21H17N3O7S. The number of aryl methyl sites for hydroxylation is 1. The minimum atomic E-state index is -0.546.